The molecule has 0 aliphatic carbocycles. The largest absolute Gasteiger partial charge is 0.478 e. The minimum Gasteiger partial charge on any atom is -0.478 e. The first-order valence-electron chi connectivity index (χ1n) is 6.11. The molecule has 1 aliphatic rings. The Hall–Kier alpha value is -1.46. The lowest BCUT2D eigenvalue weighted by Crippen LogP contribution is -2.27. The van der Waals surface area contributed by atoms with Crippen molar-refractivity contribution < 1.29 is 14.3 Å². The molecule has 4 nitrogen and oxygen atoms in total. The Labute approximate surface area is 105 Å². The minimum absolute atomic E-state index is 0.267. The van der Waals surface area contributed by atoms with Crippen LogP contribution in [0.25, 0.3) is 0 Å². The van der Waals surface area contributed by atoms with Crippen LogP contribution in [0, 0.1) is 5.82 Å². The van der Waals surface area contributed by atoms with Crippen molar-refractivity contribution in [3.8, 4) is 0 Å². The van der Waals surface area contributed by atoms with Gasteiger partial charge in [-0.1, -0.05) is 6.07 Å². The predicted molar refractivity (Wildman–Crippen MR) is 66.1 cm³/mol. The number of hydrogen-bond donors (Lipinski definition) is 2. The molecule has 0 atom stereocenters. The summed E-state index contributed by atoms with van der Waals surface area (Å²) in [6.45, 7) is 4.54. The van der Waals surface area contributed by atoms with Crippen LogP contribution < -0.4 is 5.32 Å². The summed E-state index contributed by atoms with van der Waals surface area (Å²) >= 11 is 0. The third-order valence-corrected chi connectivity index (χ3v) is 3.10. The Bertz CT molecular complexity index is 429. The van der Waals surface area contributed by atoms with Gasteiger partial charge in [0.25, 0.3) is 0 Å². The van der Waals surface area contributed by atoms with E-state index in [4.69, 9.17) is 5.11 Å². The summed E-state index contributed by atoms with van der Waals surface area (Å²) in [7, 11) is 0. The van der Waals surface area contributed by atoms with Crippen molar-refractivity contribution >= 4 is 5.97 Å². The van der Waals surface area contributed by atoms with Crippen LogP contribution in [0.3, 0.4) is 0 Å². The van der Waals surface area contributed by atoms with Crippen LogP contribution in [0.5, 0.6) is 0 Å². The highest BCUT2D eigenvalue weighted by Gasteiger charge is 2.13. The number of hydrogen-bond acceptors (Lipinski definition) is 3. The number of carboxylic acid groups (broad SMARTS) is 1. The lowest BCUT2D eigenvalue weighted by molar-refractivity contribution is 0.0692. The van der Waals surface area contributed by atoms with Crippen molar-refractivity contribution in [3.05, 3.63) is 35.1 Å². The average molecular weight is 252 g/mol. The Balaban J connectivity index is 2.05. The standard InChI is InChI=1S/C13H17FN2O2/c14-12-8-10(2-3-11(12)13(17)18)9-16-6-1-4-15-5-7-16/h2-3,8,15H,1,4-7,9H2,(H,17,18). The highest BCUT2D eigenvalue weighted by molar-refractivity contribution is 5.87. The molecule has 1 aromatic carbocycles. The Kier molecular flexibility index (Phi) is 4.28. The Morgan fingerprint density at radius 3 is 2.94 bits per heavy atom. The molecule has 1 heterocycles. The number of nitrogens with one attached hydrogen (secondary N) is 1. The summed E-state index contributed by atoms with van der Waals surface area (Å²) in [6, 6.07) is 4.34. The van der Waals surface area contributed by atoms with Crippen molar-refractivity contribution in [2.45, 2.75) is 13.0 Å². The zero-order valence-electron chi connectivity index (χ0n) is 10.2. The van der Waals surface area contributed by atoms with Gasteiger partial charge in [-0.25, -0.2) is 9.18 Å². The van der Waals surface area contributed by atoms with Crippen molar-refractivity contribution in [2.75, 3.05) is 26.2 Å². The SMILES string of the molecule is O=C(O)c1ccc(CN2CCCNCC2)cc1F. The number of aromatic carboxylic acids is 1. The number of nitrogens with zero attached hydrogens (tertiary/aromatic N) is 1. The van der Waals surface area contributed by atoms with Gasteiger partial charge >= 0.3 is 5.97 Å². The number of rotatable bonds is 3. The third-order valence-electron chi connectivity index (χ3n) is 3.10. The summed E-state index contributed by atoms with van der Waals surface area (Å²) < 4.78 is 13.5. The zero-order valence-corrected chi connectivity index (χ0v) is 10.2. The maximum Gasteiger partial charge on any atom is 0.338 e. The first-order valence-corrected chi connectivity index (χ1v) is 6.11. The minimum atomic E-state index is -1.22. The normalized spacial score (nSPS) is 17.4. The molecule has 0 unspecified atom stereocenters. The van der Waals surface area contributed by atoms with E-state index in [1.807, 2.05) is 0 Å². The van der Waals surface area contributed by atoms with Crippen LogP contribution in [0.1, 0.15) is 22.3 Å². The molecule has 98 valence electrons. The fourth-order valence-electron chi connectivity index (χ4n) is 2.15. The smallest absolute Gasteiger partial charge is 0.338 e. The maximum absolute atomic E-state index is 13.5. The van der Waals surface area contributed by atoms with Crippen molar-refractivity contribution in [1.82, 2.24) is 10.2 Å². The molecule has 0 saturated carbocycles. The van der Waals surface area contributed by atoms with Gasteiger partial charge in [0, 0.05) is 19.6 Å². The number of halogens is 1. The van der Waals surface area contributed by atoms with E-state index in [0.717, 1.165) is 38.2 Å². The van der Waals surface area contributed by atoms with Crippen LogP contribution in [0.2, 0.25) is 0 Å². The summed E-state index contributed by atoms with van der Waals surface area (Å²) in [5.74, 6) is -1.88. The van der Waals surface area contributed by atoms with E-state index in [1.165, 1.54) is 12.1 Å². The second-order valence-electron chi connectivity index (χ2n) is 4.50. The number of benzene rings is 1. The summed E-state index contributed by atoms with van der Waals surface area (Å²) in [6.07, 6.45) is 1.08. The average Bonchev–Trinajstić information content (AvgIpc) is 2.57. The van der Waals surface area contributed by atoms with Gasteiger partial charge in [-0.05, 0) is 37.2 Å². The molecule has 1 fully saturated rings. The number of carbonyl (C=O) groups is 1. The summed E-state index contributed by atoms with van der Waals surface area (Å²) in [5, 5.41) is 12.1. The van der Waals surface area contributed by atoms with Gasteiger partial charge in [-0.15, -0.1) is 0 Å². The molecular weight excluding hydrogens is 235 g/mol. The van der Waals surface area contributed by atoms with Gasteiger partial charge in [0.05, 0.1) is 5.56 Å². The molecule has 1 aliphatic heterocycles. The van der Waals surface area contributed by atoms with Gasteiger partial charge in [-0.3, -0.25) is 4.90 Å². The van der Waals surface area contributed by atoms with E-state index in [2.05, 4.69) is 10.2 Å². The van der Waals surface area contributed by atoms with Gasteiger partial charge in [-0.2, -0.15) is 0 Å². The molecule has 2 rings (SSSR count). The number of carboxylic acids is 1. The van der Waals surface area contributed by atoms with Crippen LogP contribution >= 0.6 is 0 Å². The topological polar surface area (TPSA) is 52.6 Å². The summed E-state index contributed by atoms with van der Waals surface area (Å²) in [5.41, 5.74) is 0.552. The lowest BCUT2D eigenvalue weighted by atomic mass is 10.1. The molecule has 0 amide bonds. The van der Waals surface area contributed by atoms with Crippen molar-refractivity contribution in [2.24, 2.45) is 0 Å². The monoisotopic (exact) mass is 252 g/mol. The molecule has 5 heteroatoms. The van der Waals surface area contributed by atoms with Crippen LogP contribution in [-0.2, 0) is 6.54 Å². The lowest BCUT2D eigenvalue weighted by Gasteiger charge is -2.19. The molecule has 0 bridgehead atoms. The fourth-order valence-corrected chi connectivity index (χ4v) is 2.15. The van der Waals surface area contributed by atoms with Crippen LogP contribution in [0.4, 0.5) is 4.39 Å². The Morgan fingerprint density at radius 1 is 1.39 bits per heavy atom. The van der Waals surface area contributed by atoms with Crippen LogP contribution in [-0.4, -0.2) is 42.2 Å². The first-order chi connectivity index (χ1) is 8.66. The maximum atomic E-state index is 13.5. The molecule has 0 radical (unpaired) electrons. The molecule has 2 N–H and O–H groups in total. The predicted octanol–water partition coefficient (Wildman–Crippen LogP) is 1.32. The third kappa shape index (κ3) is 3.27. The van der Waals surface area contributed by atoms with E-state index in [9.17, 15) is 9.18 Å². The molecule has 0 aromatic heterocycles. The molecule has 18 heavy (non-hydrogen) atoms. The second kappa shape index (κ2) is 5.93. The molecule has 1 aromatic rings. The second-order valence-corrected chi connectivity index (χ2v) is 4.50. The summed E-state index contributed by atoms with van der Waals surface area (Å²) in [4.78, 5) is 13.0. The van der Waals surface area contributed by atoms with E-state index in [-0.39, 0.29) is 5.56 Å². The van der Waals surface area contributed by atoms with E-state index in [1.54, 1.807) is 6.07 Å². The van der Waals surface area contributed by atoms with Crippen LogP contribution in [0.15, 0.2) is 18.2 Å². The molecular formula is C13H17FN2O2. The highest BCUT2D eigenvalue weighted by atomic mass is 19.1. The van der Waals surface area contributed by atoms with Gasteiger partial charge in [0.2, 0.25) is 0 Å². The molecule has 0 spiro atoms. The van der Waals surface area contributed by atoms with Gasteiger partial charge in [0.15, 0.2) is 0 Å². The first kappa shape index (κ1) is 13.0. The van der Waals surface area contributed by atoms with E-state index >= 15 is 0 Å². The van der Waals surface area contributed by atoms with Crippen molar-refractivity contribution in [1.29, 1.82) is 0 Å². The highest BCUT2D eigenvalue weighted by Crippen LogP contribution is 2.13. The van der Waals surface area contributed by atoms with Gasteiger partial charge < -0.3 is 10.4 Å². The zero-order chi connectivity index (χ0) is 13.0. The molecule has 1 saturated heterocycles. The Morgan fingerprint density at radius 2 is 2.22 bits per heavy atom. The van der Waals surface area contributed by atoms with Crippen molar-refractivity contribution in [3.63, 3.8) is 0 Å². The fraction of sp³-hybridized carbons (Fsp3) is 0.462. The van der Waals surface area contributed by atoms with E-state index < -0.39 is 11.8 Å². The van der Waals surface area contributed by atoms with Gasteiger partial charge in [0.1, 0.15) is 5.82 Å². The van der Waals surface area contributed by atoms with E-state index in [0.29, 0.717) is 6.54 Å². The quantitative estimate of drug-likeness (QED) is 0.852.